The van der Waals surface area contributed by atoms with Crippen LogP contribution in [0.3, 0.4) is 0 Å². The summed E-state index contributed by atoms with van der Waals surface area (Å²) in [6.45, 7) is -0.178. The van der Waals surface area contributed by atoms with Crippen LogP contribution < -0.4 is 15.6 Å². The van der Waals surface area contributed by atoms with Crippen molar-refractivity contribution in [3.63, 3.8) is 0 Å². The van der Waals surface area contributed by atoms with Crippen molar-refractivity contribution in [2.24, 2.45) is 0 Å². The SMILES string of the molecule is O=C(Cn1cccc(C(F)(F)F)c1=O)N[C@@H]1CCCOc2ccc(F)cc21. The third kappa shape index (κ3) is 4.29. The maximum Gasteiger partial charge on any atom is 0.421 e. The van der Waals surface area contributed by atoms with E-state index in [4.69, 9.17) is 4.74 Å². The molecule has 1 aliphatic heterocycles. The van der Waals surface area contributed by atoms with Gasteiger partial charge in [0.1, 0.15) is 23.7 Å². The molecule has 5 nitrogen and oxygen atoms in total. The van der Waals surface area contributed by atoms with E-state index in [9.17, 15) is 27.2 Å². The summed E-state index contributed by atoms with van der Waals surface area (Å²) < 4.78 is 58.2. The number of halogens is 4. The largest absolute Gasteiger partial charge is 0.493 e. The van der Waals surface area contributed by atoms with Crippen molar-refractivity contribution in [1.29, 1.82) is 0 Å². The lowest BCUT2D eigenvalue weighted by atomic mass is 10.0. The van der Waals surface area contributed by atoms with Crippen molar-refractivity contribution >= 4 is 5.91 Å². The van der Waals surface area contributed by atoms with E-state index in [1.165, 1.54) is 18.2 Å². The van der Waals surface area contributed by atoms with Crippen molar-refractivity contribution in [3.05, 3.63) is 63.8 Å². The maximum absolute atomic E-state index is 13.6. The zero-order valence-electron chi connectivity index (χ0n) is 14.1. The molecule has 0 saturated carbocycles. The molecule has 1 aromatic heterocycles. The first-order chi connectivity index (χ1) is 12.8. The van der Waals surface area contributed by atoms with Gasteiger partial charge in [0, 0.05) is 11.8 Å². The van der Waals surface area contributed by atoms with Gasteiger partial charge >= 0.3 is 6.18 Å². The maximum atomic E-state index is 13.6. The Labute approximate surface area is 151 Å². The zero-order chi connectivity index (χ0) is 19.6. The summed E-state index contributed by atoms with van der Waals surface area (Å²) in [6.07, 6.45) is -2.61. The molecule has 1 atom stereocenters. The van der Waals surface area contributed by atoms with Crippen molar-refractivity contribution < 1.29 is 27.1 Å². The minimum absolute atomic E-state index is 0.401. The van der Waals surface area contributed by atoms with Gasteiger partial charge in [-0.15, -0.1) is 0 Å². The van der Waals surface area contributed by atoms with Crippen LogP contribution in [0.1, 0.15) is 30.0 Å². The van der Waals surface area contributed by atoms with Crippen molar-refractivity contribution in [3.8, 4) is 5.75 Å². The molecule has 27 heavy (non-hydrogen) atoms. The monoisotopic (exact) mass is 384 g/mol. The summed E-state index contributed by atoms with van der Waals surface area (Å²) in [7, 11) is 0. The second-order valence-corrected chi connectivity index (χ2v) is 6.15. The average molecular weight is 384 g/mol. The number of rotatable bonds is 3. The average Bonchev–Trinajstić information content (AvgIpc) is 2.78. The second-order valence-electron chi connectivity index (χ2n) is 6.15. The predicted molar refractivity (Wildman–Crippen MR) is 87.7 cm³/mol. The van der Waals surface area contributed by atoms with Crippen LogP contribution in [0.5, 0.6) is 5.75 Å². The minimum atomic E-state index is -4.80. The molecule has 0 aliphatic carbocycles. The summed E-state index contributed by atoms with van der Waals surface area (Å²) >= 11 is 0. The Morgan fingerprint density at radius 2 is 2.07 bits per heavy atom. The fourth-order valence-corrected chi connectivity index (χ4v) is 2.97. The Kier molecular flexibility index (Phi) is 5.20. The predicted octanol–water partition coefficient (Wildman–Crippen LogP) is 3.04. The molecule has 0 bridgehead atoms. The number of amides is 1. The first-order valence-corrected chi connectivity index (χ1v) is 8.24. The molecule has 1 amide bonds. The minimum Gasteiger partial charge on any atom is -0.493 e. The van der Waals surface area contributed by atoms with E-state index in [1.54, 1.807) is 0 Å². The van der Waals surface area contributed by atoms with Crippen LogP contribution in [-0.2, 0) is 17.5 Å². The van der Waals surface area contributed by atoms with Gasteiger partial charge in [-0.1, -0.05) is 0 Å². The van der Waals surface area contributed by atoms with Crippen molar-refractivity contribution in [1.82, 2.24) is 9.88 Å². The number of nitrogens with zero attached hydrogens (tertiary/aromatic N) is 1. The molecule has 0 radical (unpaired) electrons. The Morgan fingerprint density at radius 1 is 1.30 bits per heavy atom. The number of fused-ring (bicyclic) bond motifs is 1. The van der Waals surface area contributed by atoms with Crippen LogP contribution in [-0.4, -0.2) is 17.1 Å². The molecule has 2 heterocycles. The first-order valence-electron chi connectivity index (χ1n) is 8.24. The quantitative estimate of drug-likeness (QED) is 0.828. The highest BCUT2D eigenvalue weighted by Gasteiger charge is 2.34. The number of benzene rings is 1. The van der Waals surface area contributed by atoms with Gasteiger partial charge in [0.05, 0.1) is 12.6 Å². The van der Waals surface area contributed by atoms with E-state index in [-0.39, 0.29) is 0 Å². The van der Waals surface area contributed by atoms with E-state index >= 15 is 0 Å². The fraction of sp³-hybridized carbons (Fsp3) is 0.333. The van der Waals surface area contributed by atoms with Gasteiger partial charge in [0.2, 0.25) is 5.91 Å². The molecule has 2 aromatic rings. The van der Waals surface area contributed by atoms with E-state index in [0.717, 1.165) is 12.3 Å². The van der Waals surface area contributed by atoms with Crippen LogP contribution in [0, 0.1) is 5.82 Å². The molecule has 144 valence electrons. The third-order valence-electron chi connectivity index (χ3n) is 4.22. The molecule has 1 aromatic carbocycles. The Hall–Kier alpha value is -2.84. The molecule has 1 N–H and O–H groups in total. The summed E-state index contributed by atoms with van der Waals surface area (Å²) in [4.78, 5) is 24.2. The molecule has 9 heteroatoms. The highest BCUT2D eigenvalue weighted by molar-refractivity contribution is 5.76. The number of aromatic nitrogens is 1. The number of hydrogen-bond donors (Lipinski definition) is 1. The van der Waals surface area contributed by atoms with Gasteiger partial charge in [-0.2, -0.15) is 13.2 Å². The molecule has 0 fully saturated rings. The zero-order valence-corrected chi connectivity index (χ0v) is 14.1. The topological polar surface area (TPSA) is 60.3 Å². The summed E-state index contributed by atoms with van der Waals surface area (Å²) in [5.41, 5.74) is -2.18. The number of carbonyl (C=O) groups excluding carboxylic acids is 1. The second kappa shape index (κ2) is 7.42. The number of carbonyl (C=O) groups is 1. The number of hydrogen-bond acceptors (Lipinski definition) is 3. The summed E-state index contributed by atoms with van der Waals surface area (Å²) in [5, 5.41) is 2.65. The van der Waals surface area contributed by atoms with Crippen LogP contribution in [0.2, 0.25) is 0 Å². The molecule has 0 unspecified atom stereocenters. The summed E-state index contributed by atoms with van der Waals surface area (Å²) in [5.74, 6) is -0.707. The molecular weight excluding hydrogens is 368 g/mol. The lowest BCUT2D eigenvalue weighted by Gasteiger charge is -2.19. The Bertz CT molecular complexity index is 908. The molecular formula is C18H16F4N2O3. The van der Waals surface area contributed by atoms with Crippen molar-refractivity contribution in [2.75, 3.05) is 6.61 Å². The van der Waals surface area contributed by atoms with E-state index in [2.05, 4.69) is 5.32 Å². The van der Waals surface area contributed by atoms with Gasteiger partial charge in [-0.05, 0) is 43.2 Å². The Balaban J connectivity index is 1.80. The van der Waals surface area contributed by atoms with Gasteiger partial charge in [0.25, 0.3) is 5.56 Å². The van der Waals surface area contributed by atoms with Crippen LogP contribution in [0.25, 0.3) is 0 Å². The molecule has 3 rings (SSSR count). The third-order valence-corrected chi connectivity index (χ3v) is 4.22. The highest BCUT2D eigenvalue weighted by atomic mass is 19.4. The fourth-order valence-electron chi connectivity index (χ4n) is 2.97. The van der Waals surface area contributed by atoms with Crippen molar-refractivity contribution in [2.45, 2.75) is 31.6 Å². The van der Waals surface area contributed by atoms with E-state index < -0.39 is 41.6 Å². The van der Waals surface area contributed by atoms with E-state index in [0.29, 0.717) is 41.4 Å². The number of alkyl halides is 3. The molecule has 0 spiro atoms. The highest BCUT2D eigenvalue weighted by Crippen LogP contribution is 2.32. The number of nitrogens with one attached hydrogen (secondary N) is 1. The standard InChI is InChI=1S/C18H16F4N2O3/c19-11-5-6-15-12(9-11)14(4-2-8-27-15)23-16(25)10-24-7-1-3-13(17(24)26)18(20,21)22/h1,3,5-7,9,14H,2,4,8,10H2,(H,23,25)/t14-/m1/s1. The lowest BCUT2D eigenvalue weighted by molar-refractivity contribution is -0.139. The first kappa shape index (κ1) is 18.9. The number of ether oxygens (including phenoxy) is 1. The number of pyridine rings is 1. The van der Waals surface area contributed by atoms with Gasteiger partial charge in [0.15, 0.2) is 0 Å². The van der Waals surface area contributed by atoms with Crippen LogP contribution >= 0.6 is 0 Å². The molecule has 0 saturated heterocycles. The van der Waals surface area contributed by atoms with Gasteiger partial charge in [-0.3, -0.25) is 9.59 Å². The van der Waals surface area contributed by atoms with E-state index in [1.807, 2.05) is 0 Å². The normalized spacial score (nSPS) is 16.8. The smallest absolute Gasteiger partial charge is 0.421 e. The Morgan fingerprint density at radius 3 is 2.81 bits per heavy atom. The van der Waals surface area contributed by atoms with Gasteiger partial charge in [-0.25, -0.2) is 4.39 Å². The lowest BCUT2D eigenvalue weighted by Crippen LogP contribution is -2.36. The van der Waals surface area contributed by atoms with Gasteiger partial charge < -0.3 is 14.6 Å². The van der Waals surface area contributed by atoms with Crippen LogP contribution in [0.4, 0.5) is 17.6 Å². The summed E-state index contributed by atoms with van der Waals surface area (Å²) in [6, 6.07) is 5.12. The molecule has 1 aliphatic rings. The van der Waals surface area contributed by atoms with Crippen LogP contribution in [0.15, 0.2) is 41.3 Å².